The summed E-state index contributed by atoms with van der Waals surface area (Å²) in [5.41, 5.74) is 0. The second-order valence-electron chi connectivity index (χ2n) is 5.83. The number of para-hydroxylation sites is 1. The topological polar surface area (TPSA) is 84.9 Å². The zero-order valence-electron chi connectivity index (χ0n) is 13.5. The fraction of sp³-hybridized carbons (Fsp3) is 0.529. The number of aliphatic carboxylic acids is 1. The van der Waals surface area contributed by atoms with Gasteiger partial charge in [0.15, 0.2) is 17.7 Å². The van der Waals surface area contributed by atoms with Crippen LogP contribution in [0.4, 0.5) is 4.39 Å². The molecule has 1 fully saturated rings. The highest BCUT2D eigenvalue weighted by atomic mass is 19.1. The van der Waals surface area contributed by atoms with Gasteiger partial charge in [-0.3, -0.25) is 9.59 Å². The first kappa shape index (κ1) is 18.2. The minimum atomic E-state index is -0.940. The molecule has 1 aromatic rings. The first-order valence-corrected chi connectivity index (χ1v) is 7.98. The summed E-state index contributed by atoms with van der Waals surface area (Å²) in [5, 5.41) is 12.0. The smallest absolute Gasteiger partial charge is 0.308 e. The van der Waals surface area contributed by atoms with Crippen LogP contribution in [0.25, 0.3) is 0 Å². The second-order valence-corrected chi connectivity index (χ2v) is 5.83. The first-order chi connectivity index (χ1) is 11.5. The average Bonchev–Trinajstić information content (AvgIpc) is 2.57. The number of nitrogens with one attached hydrogen (secondary N) is 1. The van der Waals surface area contributed by atoms with Gasteiger partial charge in [0.1, 0.15) is 0 Å². The molecule has 2 N–H and O–H groups in total. The third kappa shape index (κ3) is 4.92. The molecule has 1 heterocycles. The molecule has 1 aromatic carbocycles. The van der Waals surface area contributed by atoms with Crippen molar-refractivity contribution in [3.63, 3.8) is 0 Å². The highest BCUT2D eigenvalue weighted by Crippen LogP contribution is 2.24. The third-order valence-electron chi connectivity index (χ3n) is 4.16. The monoisotopic (exact) mass is 339 g/mol. The van der Waals surface area contributed by atoms with Crippen molar-refractivity contribution < 1.29 is 28.6 Å². The van der Waals surface area contributed by atoms with E-state index in [0.717, 1.165) is 0 Å². The van der Waals surface area contributed by atoms with Crippen LogP contribution >= 0.6 is 0 Å². The van der Waals surface area contributed by atoms with Gasteiger partial charge in [0.05, 0.1) is 5.92 Å². The van der Waals surface area contributed by atoms with Crippen LogP contribution in [0.5, 0.6) is 5.75 Å². The van der Waals surface area contributed by atoms with Gasteiger partial charge < -0.3 is 19.9 Å². The summed E-state index contributed by atoms with van der Waals surface area (Å²) in [6.07, 6.45) is 0.397. The molecule has 0 aliphatic carbocycles. The summed E-state index contributed by atoms with van der Waals surface area (Å²) in [7, 11) is 0. The standard InChI is InChI=1S/C17H22FNO5/c1-11(24-15-5-3-2-4-14(15)18)16(20)19-10-13(17(21)22)12-6-8-23-9-7-12/h2-5,11-13H,6-10H2,1H3,(H,19,20)(H,21,22). The Balaban J connectivity index is 1.88. The highest BCUT2D eigenvalue weighted by Gasteiger charge is 2.30. The maximum atomic E-state index is 13.5. The Hall–Kier alpha value is -2.15. The number of hydrogen-bond donors (Lipinski definition) is 2. The zero-order chi connectivity index (χ0) is 17.5. The lowest BCUT2D eigenvalue weighted by Crippen LogP contribution is -2.43. The van der Waals surface area contributed by atoms with Crippen molar-refractivity contribution in [3.8, 4) is 5.75 Å². The van der Waals surface area contributed by atoms with E-state index in [0.29, 0.717) is 26.1 Å². The van der Waals surface area contributed by atoms with E-state index in [4.69, 9.17) is 9.47 Å². The number of hydrogen-bond acceptors (Lipinski definition) is 4. The Kier molecular flexibility index (Phi) is 6.54. The fourth-order valence-corrected chi connectivity index (χ4v) is 2.71. The molecule has 132 valence electrons. The van der Waals surface area contributed by atoms with Gasteiger partial charge in [-0.1, -0.05) is 12.1 Å². The molecule has 1 saturated heterocycles. The number of rotatable bonds is 7. The van der Waals surface area contributed by atoms with E-state index >= 15 is 0 Å². The number of halogens is 1. The van der Waals surface area contributed by atoms with Gasteiger partial charge in [-0.05, 0) is 37.8 Å². The molecule has 0 spiro atoms. The molecule has 1 amide bonds. The molecule has 2 atom stereocenters. The van der Waals surface area contributed by atoms with Crippen LogP contribution in [-0.4, -0.2) is 42.8 Å². The molecule has 0 radical (unpaired) electrons. The number of ether oxygens (including phenoxy) is 2. The first-order valence-electron chi connectivity index (χ1n) is 7.98. The quantitative estimate of drug-likeness (QED) is 0.792. The number of carbonyl (C=O) groups excluding carboxylic acids is 1. The van der Waals surface area contributed by atoms with Crippen molar-refractivity contribution >= 4 is 11.9 Å². The zero-order valence-corrected chi connectivity index (χ0v) is 13.5. The van der Waals surface area contributed by atoms with Gasteiger partial charge >= 0.3 is 5.97 Å². The summed E-state index contributed by atoms with van der Waals surface area (Å²) in [6, 6.07) is 5.81. The molecule has 0 saturated carbocycles. The Morgan fingerprint density at radius 1 is 1.38 bits per heavy atom. The van der Waals surface area contributed by atoms with E-state index in [2.05, 4.69) is 5.32 Å². The van der Waals surface area contributed by atoms with E-state index in [1.165, 1.54) is 25.1 Å². The van der Waals surface area contributed by atoms with Gasteiger partial charge in [-0.2, -0.15) is 0 Å². The molecule has 7 heteroatoms. The van der Waals surface area contributed by atoms with Gasteiger partial charge in [0.25, 0.3) is 5.91 Å². The summed E-state index contributed by atoms with van der Waals surface area (Å²) in [5.74, 6) is -2.68. The van der Waals surface area contributed by atoms with E-state index in [1.54, 1.807) is 6.07 Å². The molecule has 6 nitrogen and oxygen atoms in total. The Morgan fingerprint density at radius 2 is 2.04 bits per heavy atom. The number of carboxylic acids is 1. The van der Waals surface area contributed by atoms with E-state index in [9.17, 15) is 19.1 Å². The van der Waals surface area contributed by atoms with Crippen molar-refractivity contribution in [2.45, 2.75) is 25.9 Å². The molecule has 0 bridgehead atoms. The number of amides is 1. The molecule has 24 heavy (non-hydrogen) atoms. The lowest BCUT2D eigenvalue weighted by Gasteiger charge is -2.28. The summed E-state index contributed by atoms with van der Waals surface area (Å²) in [6.45, 7) is 2.58. The Bertz CT molecular complexity index is 574. The van der Waals surface area contributed by atoms with Crippen LogP contribution in [0.2, 0.25) is 0 Å². The van der Waals surface area contributed by atoms with Crippen LogP contribution in [0.3, 0.4) is 0 Å². The van der Waals surface area contributed by atoms with Crippen molar-refractivity contribution in [2.75, 3.05) is 19.8 Å². The predicted molar refractivity (Wildman–Crippen MR) is 84.2 cm³/mol. The highest BCUT2D eigenvalue weighted by molar-refractivity contribution is 5.81. The van der Waals surface area contributed by atoms with E-state index < -0.39 is 29.7 Å². The average molecular weight is 339 g/mol. The van der Waals surface area contributed by atoms with Crippen molar-refractivity contribution in [3.05, 3.63) is 30.1 Å². The van der Waals surface area contributed by atoms with E-state index in [1.807, 2.05) is 0 Å². The minimum absolute atomic E-state index is 0.0145. The lowest BCUT2D eigenvalue weighted by molar-refractivity contribution is -0.145. The molecular weight excluding hydrogens is 317 g/mol. The molecule has 1 aliphatic heterocycles. The summed E-state index contributed by atoms with van der Waals surface area (Å²) >= 11 is 0. The predicted octanol–water partition coefficient (Wildman–Crippen LogP) is 1.84. The van der Waals surface area contributed by atoms with Gasteiger partial charge in [0, 0.05) is 19.8 Å². The van der Waals surface area contributed by atoms with Crippen molar-refractivity contribution in [1.29, 1.82) is 0 Å². The van der Waals surface area contributed by atoms with Gasteiger partial charge in [-0.25, -0.2) is 4.39 Å². The number of carboxylic acid groups (broad SMARTS) is 1. The van der Waals surface area contributed by atoms with Crippen molar-refractivity contribution in [2.24, 2.45) is 11.8 Å². The normalized spacial score (nSPS) is 17.8. The number of carbonyl (C=O) groups is 2. The molecule has 1 aliphatic rings. The summed E-state index contributed by atoms with van der Waals surface area (Å²) in [4.78, 5) is 23.5. The van der Waals surface area contributed by atoms with Crippen LogP contribution in [0.1, 0.15) is 19.8 Å². The molecular formula is C17H22FNO5. The van der Waals surface area contributed by atoms with Crippen LogP contribution in [0, 0.1) is 17.7 Å². The second kappa shape index (κ2) is 8.63. The number of benzene rings is 1. The van der Waals surface area contributed by atoms with Gasteiger partial charge in [-0.15, -0.1) is 0 Å². The van der Waals surface area contributed by atoms with Crippen LogP contribution < -0.4 is 10.1 Å². The van der Waals surface area contributed by atoms with Crippen LogP contribution in [0.15, 0.2) is 24.3 Å². The largest absolute Gasteiger partial charge is 0.481 e. The minimum Gasteiger partial charge on any atom is -0.481 e. The third-order valence-corrected chi connectivity index (χ3v) is 4.16. The Morgan fingerprint density at radius 3 is 2.67 bits per heavy atom. The SMILES string of the molecule is CC(Oc1ccccc1F)C(=O)NCC(C(=O)O)C1CCOCC1. The van der Waals surface area contributed by atoms with Crippen LogP contribution in [-0.2, 0) is 14.3 Å². The maximum Gasteiger partial charge on any atom is 0.308 e. The molecule has 0 aromatic heterocycles. The molecule has 2 unspecified atom stereocenters. The van der Waals surface area contributed by atoms with Gasteiger partial charge in [0.2, 0.25) is 0 Å². The lowest BCUT2D eigenvalue weighted by atomic mass is 9.86. The Labute approximate surface area is 139 Å². The van der Waals surface area contributed by atoms with E-state index in [-0.39, 0.29) is 18.2 Å². The molecule has 2 rings (SSSR count). The fourth-order valence-electron chi connectivity index (χ4n) is 2.71. The summed E-state index contributed by atoms with van der Waals surface area (Å²) < 4.78 is 24.1. The van der Waals surface area contributed by atoms with Crippen molar-refractivity contribution in [1.82, 2.24) is 5.32 Å². The maximum absolute atomic E-state index is 13.5.